The van der Waals surface area contributed by atoms with Gasteiger partial charge in [-0.3, -0.25) is 5.32 Å². The maximum Gasteiger partial charge on any atom is 0.324 e. The first-order valence-electron chi connectivity index (χ1n) is 5.67. The molecule has 16 heavy (non-hydrogen) atoms. The first kappa shape index (κ1) is 11.0. The van der Waals surface area contributed by atoms with Gasteiger partial charge in [-0.2, -0.15) is 0 Å². The Morgan fingerprint density at radius 2 is 2.00 bits per heavy atom. The summed E-state index contributed by atoms with van der Waals surface area (Å²) in [4.78, 5) is 13.7. The van der Waals surface area contributed by atoms with Gasteiger partial charge in [-0.15, -0.1) is 0 Å². The molecular formula is C11H17N3O2. The van der Waals surface area contributed by atoms with Crippen molar-refractivity contribution in [2.24, 2.45) is 0 Å². The Kier molecular flexibility index (Phi) is 3.12. The van der Waals surface area contributed by atoms with E-state index in [4.69, 9.17) is 4.52 Å². The maximum atomic E-state index is 11.9. The number of aryl methyl sites for hydroxylation is 1. The van der Waals surface area contributed by atoms with Gasteiger partial charge >= 0.3 is 6.03 Å². The molecule has 1 saturated heterocycles. The van der Waals surface area contributed by atoms with Crippen LogP contribution in [-0.4, -0.2) is 29.2 Å². The van der Waals surface area contributed by atoms with Crippen molar-refractivity contribution in [3.05, 3.63) is 11.3 Å². The highest BCUT2D eigenvalue weighted by atomic mass is 16.5. The minimum atomic E-state index is -0.0843. The fourth-order valence-corrected chi connectivity index (χ4v) is 1.81. The van der Waals surface area contributed by atoms with E-state index in [1.807, 2.05) is 18.7 Å². The number of aromatic nitrogens is 1. The molecule has 0 saturated carbocycles. The van der Waals surface area contributed by atoms with Gasteiger partial charge < -0.3 is 9.42 Å². The molecule has 5 heteroatoms. The van der Waals surface area contributed by atoms with Gasteiger partial charge in [0, 0.05) is 18.7 Å². The molecule has 88 valence electrons. The predicted octanol–water partition coefficient (Wildman–Crippen LogP) is 2.31. The van der Waals surface area contributed by atoms with Gasteiger partial charge in [0.15, 0.2) is 0 Å². The van der Waals surface area contributed by atoms with Crippen molar-refractivity contribution >= 4 is 11.9 Å². The standard InChI is InChI=1S/C11H17N3O2/c1-8-9(2)13-16-10(8)12-11(15)14-6-4-3-5-7-14/h3-7H2,1-2H3,(H,12,15). The second kappa shape index (κ2) is 4.55. The first-order chi connectivity index (χ1) is 7.68. The van der Waals surface area contributed by atoms with Crippen LogP contribution >= 0.6 is 0 Å². The first-order valence-corrected chi connectivity index (χ1v) is 5.67. The van der Waals surface area contributed by atoms with Crippen LogP contribution in [0.2, 0.25) is 0 Å². The van der Waals surface area contributed by atoms with Crippen LogP contribution in [0.5, 0.6) is 0 Å². The average Bonchev–Trinajstić information content (AvgIpc) is 2.62. The van der Waals surface area contributed by atoms with Crippen LogP contribution in [0.25, 0.3) is 0 Å². The van der Waals surface area contributed by atoms with E-state index >= 15 is 0 Å². The van der Waals surface area contributed by atoms with Crippen molar-refractivity contribution in [2.45, 2.75) is 33.1 Å². The average molecular weight is 223 g/mol. The van der Waals surface area contributed by atoms with Crippen LogP contribution in [0.3, 0.4) is 0 Å². The number of nitrogens with zero attached hydrogens (tertiary/aromatic N) is 2. The molecule has 0 aliphatic carbocycles. The monoisotopic (exact) mass is 223 g/mol. The van der Waals surface area contributed by atoms with E-state index in [1.54, 1.807) is 0 Å². The van der Waals surface area contributed by atoms with Crippen molar-refractivity contribution in [1.29, 1.82) is 0 Å². The zero-order valence-corrected chi connectivity index (χ0v) is 9.75. The summed E-state index contributed by atoms with van der Waals surface area (Å²) in [5.41, 5.74) is 1.71. The van der Waals surface area contributed by atoms with Crippen LogP contribution in [0.1, 0.15) is 30.5 Å². The molecule has 0 radical (unpaired) electrons. The van der Waals surface area contributed by atoms with Gasteiger partial charge in [-0.05, 0) is 33.1 Å². The Hall–Kier alpha value is -1.52. The maximum absolute atomic E-state index is 11.9. The molecule has 0 atom stereocenters. The molecular weight excluding hydrogens is 206 g/mol. The summed E-state index contributed by atoms with van der Waals surface area (Å²) in [5, 5.41) is 6.56. The molecule has 5 nitrogen and oxygen atoms in total. The smallest absolute Gasteiger partial charge is 0.324 e. The van der Waals surface area contributed by atoms with Gasteiger partial charge in [0.05, 0.1) is 5.69 Å². The van der Waals surface area contributed by atoms with Crippen molar-refractivity contribution < 1.29 is 9.32 Å². The number of amides is 2. The minimum Gasteiger partial charge on any atom is -0.338 e. The zero-order valence-electron chi connectivity index (χ0n) is 9.75. The largest absolute Gasteiger partial charge is 0.338 e. The lowest BCUT2D eigenvalue weighted by Gasteiger charge is -2.26. The Labute approximate surface area is 94.8 Å². The molecule has 1 fully saturated rings. The second-order valence-corrected chi connectivity index (χ2v) is 4.20. The second-order valence-electron chi connectivity index (χ2n) is 4.20. The third kappa shape index (κ3) is 2.18. The summed E-state index contributed by atoms with van der Waals surface area (Å²) in [6.07, 6.45) is 3.38. The van der Waals surface area contributed by atoms with Crippen molar-refractivity contribution in [3.63, 3.8) is 0 Å². The molecule has 1 N–H and O–H groups in total. The Morgan fingerprint density at radius 1 is 1.31 bits per heavy atom. The van der Waals surface area contributed by atoms with Crippen LogP contribution in [0.15, 0.2) is 4.52 Å². The summed E-state index contributed by atoms with van der Waals surface area (Å²) in [7, 11) is 0. The van der Waals surface area contributed by atoms with Gasteiger partial charge in [-0.25, -0.2) is 4.79 Å². The van der Waals surface area contributed by atoms with Crippen LogP contribution < -0.4 is 5.32 Å². The van der Waals surface area contributed by atoms with E-state index in [-0.39, 0.29) is 6.03 Å². The predicted molar refractivity (Wildman–Crippen MR) is 60.4 cm³/mol. The number of hydrogen-bond donors (Lipinski definition) is 1. The summed E-state index contributed by atoms with van der Waals surface area (Å²) in [5.74, 6) is 0.466. The molecule has 2 heterocycles. The molecule has 0 unspecified atom stereocenters. The Bertz CT molecular complexity index is 381. The number of nitrogens with one attached hydrogen (secondary N) is 1. The topological polar surface area (TPSA) is 58.4 Å². The fourth-order valence-electron chi connectivity index (χ4n) is 1.81. The number of anilines is 1. The molecule has 1 aromatic rings. The third-order valence-corrected chi connectivity index (χ3v) is 3.02. The van der Waals surface area contributed by atoms with E-state index in [2.05, 4.69) is 10.5 Å². The van der Waals surface area contributed by atoms with Gasteiger partial charge in [0.1, 0.15) is 0 Å². The molecule has 1 aliphatic rings. The van der Waals surface area contributed by atoms with Crippen LogP contribution in [0.4, 0.5) is 10.7 Å². The number of carbonyl (C=O) groups is 1. The molecule has 2 amide bonds. The molecule has 1 aliphatic heterocycles. The number of rotatable bonds is 1. The third-order valence-electron chi connectivity index (χ3n) is 3.02. The van der Waals surface area contributed by atoms with Gasteiger partial charge in [0.25, 0.3) is 0 Å². The lowest BCUT2D eigenvalue weighted by Crippen LogP contribution is -2.38. The van der Waals surface area contributed by atoms with E-state index in [1.165, 1.54) is 6.42 Å². The van der Waals surface area contributed by atoms with E-state index < -0.39 is 0 Å². The number of urea groups is 1. The van der Waals surface area contributed by atoms with E-state index in [9.17, 15) is 4.79 Å². The zero-order chi connectivity index (χ0) is 11.5. The summed E-state index contributed by atoms with van der Waals surface area (Å²) in [6.45, 7) is 5.41. The quantitative estimate of drug-likeness (QED) is 0.794. The number of likely N-dealkylation sites (tertiary alicyclic amines) is 1. The number of carbonyl (C=O) groups excluding carboxylic acids is 1. The Balaban J connectivity index is 1.98. The number of hydrogen-bond acceptors (Lipinski definition) is 3. The van der Waals surface area contributed by atoms with Gasteiger partial charge in [-0.1, -0.05) is 5.16 Å². The SMILES string of the molecule is Cc1noc(NC(=O)N2CCCCC2)c1C. The Morgan fingerprint density at radius 3 is 2.56 bits per heavy atom. The van der Waals surface area contributed by atoms with Crippen molar-refractivity contribution in [3.8, 4) is 0 Å². The van der Waals surface area contributed by atoms with Crippen molar-refractivity contribution in [2.75, 3.05) is 18.4 Å². The summed E-state index contributed by atoms with van der Waals surface area (Å²) < 4.78 is 5.05. The normalized spacial score (nSPS) is 16.2. The molecule has 1 aromatic heterocycles. The summed E-state index contributed by atoms with van der Waals surface area (Å²) in [6, 6.07) is -0.0843. The van der Waals surface area contributed by atoms with E-state index in [0.717, 1.165) is 37.2 Å². The van der Waals surface area contributed by atoms with Crippen LogP contribution in [-0.2, 0) is 0 Å². The molecule has 2 rings (SSSR count). The minimum absolute atomic E-state index is 0.0843. The van der Waals surface area contributed by atoms with Crippen molar-refractivity contribution in [1.82, 2.24) is 10.1 Å². The fraction of sp³-hybridized carbons (Fsp3) is 0.636. The van der Waals surface area contributed by atoms with E-state index in [0.29, 0.717) is 5.88 Å². The molecule has 0 aromatic carbocycles. The van der Waals surface area contributed by atoms with Crippen LogP contribution in [0, 0.1) is 13.8 Å². The highest BCUT2D eigenvalue weighted by Crippen LogP contribution is 2.18. The highest BCUT2D eigenvalue weighted by molar-refractivity contribution is 5.88. The highest BCUT2D eigenvalue weighted by Gasteiger charge is 2.19. The number of piperidine rings is 1. The summed E-state index contributed by atoms with van der Waals surface area (Å²) >= 11 is 0. The van der Waals surface area contributed by atoms with Gasteiger partial charge in [0.2, 0.25) is 5.88 Å². The molecule has 0 spiro atoms. The lowest BCUT2D eigenvalue weighted by atomic mass is 10.1. The lowest BCUT2D eigenvalue weighted by molar-refractivity contribution is 0.199. The molecule has 0 bridgehead atoms.